The first-order valence-electron chi connectivity index (χ1n) is 6.26. The Bertz CT molecular complexity index is 515. The Morgan fingerprint density at radius 2 is 1.95 bits per heavy atom. The first-order chi connectivity index (χ1) is 9.00. The molecule has 1 heterocycles. The van der Waals surface area contributed by atoms with E-state index in [2.05, 4.69) is 0 Å². The van der Waals surface area contributed by atoms with Crippen LogP contribution in [-0.4, -0.2) is 29.3 Å². The zero-order valence-corrected chi connectivity index (χ0v) is 10.6. The summed E-state index contributed by atoms with van der Waals surface area (Å²) in [6.45, 7) is 0.524. The molecule has 1 saturated heterocycles. The van der Waals surface area contributed by atoms with E-state index in [-0.39, 0.29) is 5.91 Å². The maximum absolute atomic E-state index is 12.4. The standard InChI is InChI=1S/C13H18N4O2/c14-8-4-5-9(10(15)7-8)13(19)17-6-2-1-3-11(17)12(16)18/h4-5,7,11H,1-3,6,14-15H2,(H2,16,18). The first-order valence-corrected chi connectivity index (χ1v) is 6.26. The highest BCUT2D eigenvalue weighted by Crippen LogP contribution is 2.23. The molecule has 1 fully saturated rings. The summed E-state index contributed by atoms with van der Waals surface area (Å²) in [5.41, 5.74) is 17.9. The molecule has 1 aromatic carbocycles. The van der Waals surface area contributed by atoms with E-state index in [0.29, 0.717) is 29.9 Å². The van der Waals surface area contributed by atoms with Gasteiger partial charge in [0.1, 0.15) is 6.04 Å². The number of anilines is 2. The molecule has 1 atom stereocenters. The molecular formula is C13H18N4O2. The Labute approximate surface area is 111 Å². The summed E-state index contributed by atoms with van der Waals surface area (Å²) in [5.74, 6) is -0.733. The molecule has 0 saturated carbocycles. The average molecular weight is 262 g/mol. The van der Waals surface area contributed by atoms with Crippen molar-refractivity contribution in [2.24, 2.45) is 5.73 Å². The van der Waals surface area contributed by atoms with Crippen LogP contribution in [0, 0.1) is 0 Å². The predicted octanol–water partition coefficient (Wildman–Crippen LogP) is 0.331. The minimum absolute atomic E-state index is 0.263. The molecule has 1 aliphatic rings. The number of hydrogen-bond acceptors (Lipinski definition) is 4. The number of amides is 2. The van der Waals surface area contributed by atoms with Gasteiger partial charge < -0.3 is 22.1 Å². The highest BCUT2D eigenvalue weighted by Gasteiger charge is 2.31. The molecule has 0 bridgehead atoms. The SMILES string of the molecule is NC(=O)C1CCCCN1C(=O)c1ccc(N)cc1N. The summed E-state index contributed by atoms with van der Waals surface area (Å²) in [7, 11) is 0. The summed E-state index contributed by atoms with van der Waals surface area (Å²) in [5, 5.41) is 0. The fraction of sp³-hybridized carbons (Fsp3) is 0.385. The summed E-state index contributed by atoms with van der Waals surface area (Å²) >= 11 is 0. The monoisotopic (exact) mass is 262 g/mol. The Morgan fingerprint density at radius 1 is 1.21 bits per heavy atom. The molecule has 0 aliphatic carbocycles. The van der Waals surface area contributed by atoms with Gasteiger partial charge in [-0.25, -0.2) is 0 Å². The lowest BCUT2D eigenvalue weighted by Gasteiger charge is -2.34. The van der Waals surface area contributed by atoms with Gasteiger partial charge in [-0.1, -0.05) is 0 Å². The van der Waals surface area contributed by atoms with Crippen molar-refractivity contribution < 1.29 is 9.59 Å². The maximum atomic E-state index is 12.4. The molecule has 19 heavy (non-hydrogen) atoms. The molecule has 2 amide bonds. The maximum Gasteiger partial charge on any atom is 0.256 e. The Hall–Kier alpha value is -2.24. The molecule has 0 radical (unpaired) electrons. The topological polar surface area (TPSA) is 115 Å². The molecule has 1 unspecified atom stereocenters. The van der Waals surface area contributed by atoms with Crippen LogP contribution in [0.3, 0.4) is 0 Å². The van der Waals surface area contributed by atoms with Crippen molar-refractivity contribution >= 4 is 23.2 Å². The number of rotatable bonds is 2. The van der Waals surface area contributed by atoms with Gasteiger partial charge in [0, 0.05) is 17.9 Å². The van der Waals surface area contributed by atoms with Crippen molar-refractivity contribution in [2.75, 3.05) is 18.0 Å². The van der Waals surface area contributed by atoms with Crippen molar-refractivity contribution in [1.82, 2.24) is 4.90 Å². The summed E-state index contributed by atoms with van der Waals surface area (Å²) in [6, 6.07) is 4.20. The molecular weight excluding hydrogens is 244 g/mol. The highest BCUT2D eigenvalue weighted by molar-refractivity contribution is 6.01. The van der Waals surface area contributed by atoms with Crippen LogP contribution >= 0.6 is 0 Å². The van der Waals surface area contributed by atoms with Crippen molar-refractivity contribution in [3.63, 3.8) is 0 Å². The van der Waals surface area contributed by atoms with Gasteiger partial charge >= 0.3 is 0 Å². The summed E-state index contributed by atoms with van der Waals surface area (Å²) in [4.78, 5) is 25.4. The van der Waals surface area contributed by atoms with Crippen LogP contribution in [0.4, 0.5) is 11.4 Å². The number of piperidine rings is 1. The number of likely N-dealkylation sites (tertiary alicyclic amines) is 1. The number of nitrogens with two attached hydrogens (primary N) is 3. The molecule has 1 aliphatic heterocycles. The number of primary amides is 1. The van der Waals surface area contributed by atoms with Gasteiger partial charge in [-0.2, -0.15) is 0 Å². The van der Waals surface area contributed by atoms with E-state index in [1.807, 2.05) is 0 Å². The minimum atomic E-state index is -0.543. The molecule has 0 aromatic heterocycles. The van der Waals surface area contributed by atoms with E-state index in [1.165, 1.54) is 11.0 Å². The van der Waals surface area contributed by atoms with Crippen LogP contribution in [0.5, 0.6) is 0 Å². The van der Waals surface area contributed by atoms with E-state index in [4.69, 9.17) is 17.2 Å². The van der Waals surface area contributed by atoms with Crippen molar-refractivity contribution in [2.45, 2.75) is 25.3 Å². The van der Waals surface area contributed by atoms with Crippen molar-refractivity contribution in [3.8, 4) is 0 Å². The van der Waals surface area contributed by atoms with E-state index < -0.39 is 11.9 Å². The predicted molar refractivity (Wildman–Crippen MR) is 73.1 cm³/mol. The number of carbonyl (C=O) groups is 2. The van der Waals surface area contributed by atoms with Gasteiger partial charge in [-0.3, -0.25) is 9.59 Å². The Kier molecular flexibility index (Phi) is 3.59. The summed E-state index contributed by atoms with van der Waals surface area (Å²) < 4.78 is 0. The van der Waals surface area contributed by atoms with Gasteiger partial charge in [0.2, 0.25) is 5.91 Å². The van der Waals surface area contributed by atoms with Gasteiger partial charge in [-0.05, 0) is 37.5 Å². The van der Waals surface area contributed by atoms with Crippen LogP contribution in [-0.2, 0) is 4.79 Å². The Balaban J connectivity index is 2.28. The van der Waals surface area contributed by atoms with Crippen molar-refractivity contribution in [1.29, 1.82) is 0 Å². The van der Waals surface area contributed by atoms with Gasteiger partial charge in [0.05, 0.1) is 5.56 Å². The van der Waals surface area contributed by atoms with Gasteiger partial charge in [0.25, 0.3) is 5.91 Å². The van der Waals surface area contributed by atoms with E-state index >= 15 is 0 Å². The normalized spacial score (nSPS) is 19.2. The fourth-order valence-electron chi connectivity index (χ4n) is 2.40. The molecule has 6 N–H and O–H groups in total. The second-order valence-electron chi connectivity index (χ2n) is 4.76. The molecule has 2 rings (SSSR count). The zero-order valence-electron chi connectivity index (χ0n) is 10.6. The largest absolute Gasteiger partial charge is 0.399 e. The van der Waals surface area contributed by atoms with E-state index in [9.17, 15) is 9.59 Å². The lowest BCUT2D eigenvalue weighted by atomic mass is 10.00. The fourth-order valence-corrected chi connectivity index (χ4v) is 2.40. The third-order valence-electron chi connectivity index (χ3n) is 3.40. The Morgan fingerprint density at radius 3 is 2.58 bits per heavy atom. The van der Waals surface area contributed by atoms with E-state index in [0.717, 1.165) is 12.8 Å². The molecule has 102 valence electrons. The lowest BCUT2D eigenvalue weighted by Crippen LogP contribution is -2.50. The third kappa shape index (κ3) is 2.62. The number of hydrogen-bond donors (Lipinski definition) is 3. The van der Waals surface area contributed by atoms with Crippen LogP contribution in [0.15, 0.2) is 18.2 Å². The molecule has 6 nitrogen and oxygen atoms in total. The van der Waals surface area contributed by atoms with E-state index in [1.54, 1.807) is 12.1 Å². The third-order valence-corrected chi connectivity index (χ3v) is 3.40. The molecule has 1 aromatic rings. The van der Waals surface area contributed by atoms with Gasteiger partial charge in [-0.15, -0.1) is 0 Å². The number of nitrogen functional groups attached to an aromatic ring is 2. The molecule has 6 heteroatoms. The highest BCUT2D eigenvalue weighted by atomic mass is 16.2. The van der Waals surface area contributed by atoms with Crippen molar-refractivity contribution in [3.05, 3.63) is 23.8 Å². The van der Waals surface area contributed by atoms with Crippen LogP contribution in [0.1, 0.15) is 29.6 Å². The minimum Gasteiger partial charge on any atom is -0.399 e. The lowest BCUT2D eigenvalue weighted by molar-refractivity contribution is -0.123. The van der Waals surface area contributed by atoms with Crippen LogP contribution < -0.4 is 17.2 Å². The van der Waals surface area contributed by atoms with Crippen LogP contribution in [0.2, 0.25) is 0 Å². The van der Waals surface area contributed by atoms with Gasteiger partial charge in [0.15, 0.2) is 0 Å². The van der Waals surface area contributed by atoms with Crippen LogP contribution in [0.25, 0.3) is 0 Å². The first kappa shape index (κ1) is 13.2. The smallest absolute Gasteiger partial charge is 0.256 e. The zero-order chi connectivity index (χ0) is 14.0. The molecule has 0 spiro atoms. The number of benzene rings is 1. The second-order valence-corrected chi connectivity index (χ2v) is 4.76. The number of carbonyl (C=O) groups excluding carboxylic acids is 2. The average Bonchev–Trinajstić information content (AvgIpc) is 2.38. The number of nitrogens with zero attached hydrogens (tertiary/aromatic N) is 1. The summed E-state index contributed by atoms with van der Waals surface area (Å²) in [6.07, 6.45) is 2.37. The quantitative estimate of drug-likeness (QED) is 0.666. The second kappa shape index (κ2) is 5.17.